The highest BCUT2D eigenvalue weighted by atomic mass is 19.4. The summed E-state index contributed by atoms with van der Waals surface area (Å²) in [6, 6.07) is 0. The third kappa shape index (κ3) is 4.84. The van der Waals surface area contributed by atoms with Gasteiger partial charge in [-0.3, -0.25) is 0 Å². The molecule has 0 spiro atoms. The summed E-state index contributed by atoms with van der Waals surface area (Å²) in [5, 5.41) is 6.52. The SMILES string of the molecule is CC(C)C1(CNCCCC(F)(F)F)CCNC1. The van der Waals surface area contributed by atoms with Crippen LogP contribution in [0.25, 0.3) is 0 Å². The van der Waals surface area contributed by atoms with Gasteiger partial charge in [-0.25, -0.2) is 0 Å². The first kappa shape index (κ1) is 14.8. The minimum atomic E-state index is -4.02. The van der Waals surface area contributed by atoms with Crippen molar-refractivity contribution in [1.29, 1.82) is 0 Å². The van der Waals surface area contributed by atoms with Gasteiger partial charge in [-0.1, -0.05) is 13.8 Å². The number of halogens is 3. The van der Waals surface area contributed by atoms with Crippen molar-refractivity contribution >= 4 is 0 Å². The predicted molar refractivity (Wildman–Crippen MR) is 62.9 cm³/mol. The highest BCUT2D eigenvalue weighted by molar-refractivity contribution is 4.91. The fraction of sp³-hybridized carbons (Fsp3) is 1.00. The van der Waals surface area contributed by atoms with E-state index in [0.717, 1.165) is 26.1 Å². The first-order valence-electron chi connectivity index (χ1n) is 6.34. The molecule has 102 valence electrons. The Balaban J connectivity index is 2.20. The van der Waals surface area contributed by atoms with E-state index in [1.54, 1.807) is 0 Å². The Bertz CT molecular complexity index is 220. The van der Waals surface area contributed by atoms with Gasteiger partial charge in [0.15, 0.2) is 0 Å². The van der Waals surface area contributed by atoms with Gasteiger partial charge in [0, 0.05) is 19.5 Å². The van der Waals surface area contributed by atoms with E-state index in [9.17, 15) is 13.2 Å². The van der Waals surface area contributed by atoms with E-state index >= 15 is 0 Å². The van der Waals surface area contributed by atoms with Crippen LogP contribution in [-0.2, 0) is 0 Å². The first-order valence-corrected chi connectivity index (χ1v) is 6.34. The summed E-state index contributed by atoms with van der Waals surface area (Å²) in [4.78, 5) is 0. The second-order valence-electron chi connectivity index (χ2n) is 5.34. The average Bonchev–Trinajstić information content (AvgIpc) is 2.65. The van der Waals surface area contributed by atoms with Crippen LogP contribution in [0.3, 0.4) is 0 Å². The second-order valence-corrected chi connectivity index (χ2v) is 5.34. The zero-order valence-electron chi connectivity index (χ0n) is 10.7. The predicted octanol–water partition coefficient (Wildman–Crippen LogP) is 2.55. The van der Waals surface area contributed by atoms with Crippen LogP contribution >= 0.6 is 0 Å². The van der Waals surface area contributed by atoms with Crippen molar-refractivity contribution in [2.75, 3.05) is 26.2 Å². The molecule has 0 radical (unpaired) electrons. The molecule has 1 saturated heterocycles. The topological polar surface area (TPSA) is 24.1 Å². The van der Waals surface area contributed by atoms with Crippen molar-refractivity contribution < 1.29 is 13.2 Å². The maximum Gasteiger partial charge on any atom is 0.389 e. The standard InChI is InChI=1S/C12H23F3N2/c1-10(2)11(5-7-17-9-11)8-16-6-3-4-12(13,14)15/h10,16-17H,3-9H2,1-2H3. The largest absolute Gasteiger partial charge is 0.389 e. The van der Waals surface area contributed by atoms with E-state index in [0.29, 0.717) is 12.5 Å². The Hall–Kier alpha value is -0.290. The summed E-state index contributed by atoms with van der Waals surface area (Å²) in [5.74, 6) is 0.549. The molecule has 0 amide bonds. The van der Waals surface area contributed by atoms with Gasteiger partial charge in [-0.05, 0) is 37.3 Å². The molecule has 0 aromatic heterocycles. The summed E-state index contributed by atoms with van der Waals surface area (Å²) in [5.41, 5.74) is 0.220. The van der Waals surface area contributed by atoms with Crippen LogP contribution < -0.4 is 10.6 Å². The molecule has 5 heteroatoms. The highest BCUT2D eigenvalue weighted by Gasteiger charge is 2.36. The minimum Gasteiger partial charge on any atom is -0.316 e. The fourth-order valence-electron chi connectivity index (χ4n) is 2.36. The lowest BCUT2D eigenvalue weighted by molar-refractivity contribution is -0.135. The molecule has 2 nitrogen and oxygen atoms in total. The highest BCUT2D eigenvalue weighted by Crippen LogP contribution is 2.33. The molecule has 0 saturated carbocycles. The van der Waals surface area contributed by atoms with E-state index in [4.69, 9.17) is 0 Å². The molecular formula is C12H23F3N2. The van der Waals surface area contributed by atoms with Crippen molar-refractivity contribution in [3.63, 3.8) is 0 Å². The smallest absolute Gasteiger partial charge is 0.316 e. The van der Waals surface area contributed by atoms with E-state index in [1.807, 2.05) is 0 Å². The zero-order valence-corrected chi connectivity index (χ0v) is 10.7. The van der Waals surface area contributed by atoms with Gasteiger partial charge in [-0.2, -0.15) is 13.2 Å². The third-order valence-corrected chi connectivity index (χ3v) is 3.79. The first-order chi connectivity index (χ1) is 7.86. The van der Waals surface area contributed by atoms with Gasteiger partial charge in [0.1, 0.15) is 0 Å². The molecule has 2 N–H and O–H groups in total. The summed E-state index contributed by atoms with van der Waals surface area (Å²) in [6.07, 6.45) is -3.43. The lowest BCUT2D eigenvalue weighted by Gasteiger charge is -2.33. The fourth-order valence-corrected chi connectivity index (χ4v) is 2.36. The average molecular weight is 252 g/mol. The Morgan fingerprint density at radius 1 is 1.35 bits per heavy atom. The van der Waals surface area contributed by atoms with Crippen molar-refractivity contribution in [3.8, 4) is 0 Å². The summed E-state index contributed by atoms with van der Waals surface area (Å²) >= 11 is 0. The number of hydrogen-bond acceptors (Lipinski definition) is 2. The number of hydrogen-bond donors (Lipinski definition) is 2. The normalized spacial score (nSPS) is 25.8. The third-order valence-electron chi connectivity index (χ3n) is 3.79. The lowest BCUT2D eigenvalue weighted by atomic mass is 9.76. The van der Waals surface area contributed by atoms with E-state index < -0.39 is 12.6 Å². The van der Waals surface area contributed by atoms with Crippen LogP contribution in [0.4, 0.5) is 13.2 Å². The summed E-state index contributed by atoms with van der Waals surface area (Å²) in [6.45, 7) is 7.62. The molecule has 1 aliphatic rings. The quantitative estimate of drug-likeness (QED) is 0.710. The van der Waals surface area contributed by atoms with Crippen molar-refractivity contribution in [2.45, 2.75) is 39.3 Å². The van der Waals surface area contributed by atoms with Gasteiger partial charge in [0.25, 0.3) is 0 Å². The van der Waals surface area contributed by atoms with Gasteiger partial charge < -0.3 is 10.6 Å². The van der Waals surface area contributed by atoms with Crippen LogP contribution in [-0.4, -0.2) is 32.4 Å². The molecule has 1 atom stereocenters. The van der Waals surface area contributed by atoms with E-state index in [1.165, 1.54) is 0 Å². The minimum absolute atomic E-state index is 0.172. The van der Waals surface area contributed by atoms with Gasteiger partial charge in [0.2, 0.25) is 0 Å². The Morgan fingerprint density at radius 3 is 2.53 bits per heavy atom. The maximum atomic E-state index is 11.9. The molecule has 1 fully saturated rings. The zero-order chi connectivity index (χ0) is 12.9. The second kappa shape index (κ2) is 6.05. The van der Waals surface area contributed by atoms with Gasteiger partial charge in [-0.15, -0.1) is 0 Å². The Labute approximate surface area is 101 Å². The Kier molecular flexibility index (Phi) is 5.25. The number of nitrogens with one attached hydrogen (secondary N) is 2. The summed E-state index contributed by atoms with van der Waals surface area (Å²) in [7, 11) is 0. The molecule has 0 aromatic rings. The van der Waals surface area contributed by atoms with Gasteiger partial charge in [0.05, 0.1) is 0 Å². The van der Waals surface area contributed by atoms with Crippen molar-refractivity contribution in [1.82, 2.24) is 10.6 Å². The summed E-state index contributed by atoms with van der Waals surface area (Å²) < 4.78 is 35.8. The van der Waals surface area contributed by atoms with Crippen LogP contribution in [0.15, 0.2) is 0 Å². The molecule has 1 rings (SSSR count). The van der Waals surface area contributed by atoms with Crippen LogP contribution in [0.5, 0.6) is 0 Å². The molecule has 1 unspecified atom stereocenters. The van der Waals surface area contributed by atoms with Crippen LogP contribution in [0.2, 0.25) is 0 Å². The monoisotopic (exact) mass is 252 g/mol. The lowest BCUT2D eigenvalue weighted by Crippen LogP contribution is -2.40. The molecule has 17 heavy (non-hydrogen) atoms. The number of rotatable bonds is 6. The van der Waals surface area contributed by atoms with Crippen LogP contribution in [0.1, 0.15) is 33.1 Å². The molecule has 0 bridgehead atoms. The van der Waals surface area contributed by atoms with Crippen molar-refractivity contribution in [2.24, 2.45) is 11.3 Å². The molecule has 0 aromatic carbocycles. The molecular weight excluding hydrogens is 229 g/mol. The van der Waals surface area contributed by atoms with Gasteiger partial charge >= 0.3 is 6.18 Å². The number of alkyl halides is 3. The molecule has 0 aliphatic carbocycles. The van der Waals surface area contributed by atoms with Crippen LogP contribution in [0, 0.1) is 11.3 Å². The van der Waals surface area contributed by atoms with E-state index in [2.05, 4.69) is 24.5 Å². The molecule has 1 heterocycles. The Morgan fingerprint density at radius 2 is 2.06 bits per heavy atom. The van der Waals surface area contributed by atoms with Crippen molar-refractivity contribution in [3.05, 3.63) is 0 Å². The molecule has 1 aliphatic heterocycles. The van der Waals surface area contributed by atoms with E-state index in [-0.39, 0.29) is 11.8 Å². The maximum absolute atomic E-state index is 11.9.